The molecule has 166 valence electrons. The van der Waals surface area contributed by atoms with E-state index in [0.29, 0.717) is 48.5 Å². The second kappa shape index (κ2) is 9.48. The highest BCUT2D eigenvalue weighted by Crippen LogP contribution is 2.35. The van der Waals surface area contributed by atoms with Crippen LogP contribution in [-0.4, -0.2) is 35.4 Å². The minimum absolute atomic E-state index is 0.281. The molecule has 0 spiro atoms. The third-order valence-electron chi connectivity index (χ3n) is 5.71. The summed E-state index contributed by atoms with van der Waals surface area (Å²) >= 11 is 1.45. The van der Waals surface area contributed by atoms with Gasteiger partial charge in [-0.15, -0.1) is 11.3 Å². The lowest BCUT2D eigenvalue weighted by Gasteiger charge is -2.29. The van der Waals surface area contributed by atoms with Gasteiger partial charge >= 0.3 is 5.97 Å². The van der Waals surface area contributed by atoms with Gasteiger partial charge in [0, 0.05) is 29.6 Å². The van der Waals surface area contributed by atoms with Crippen molar-refractivity contribution in [1.82, 2.24) is 4.98 Å². The number of piperidine rings is 1. The Morgan fingerprint density at radius 1 is 1.28 bits per heavy atom. The molecular formula is C24H23FN2O4S. The van der Waals surface area contributed by atoms with E-state index in [1.807, 2.05) is 18.4 Å². The van der Waals surface area contributed by atoms with Gasteiger partial charge in [-0.05, 0) is 55.2 Å². The fourth-order valence-corrected chi connectivity index (χ4v) is 4.67. The molecule has 1 N–H and O–H groups in total. The molecule has 1 fully saturated rings. The van der Waals surface area contributed by atoms with Gasteiger partial charge < -0.3 is 14.7 Å². The number of carboxylic acid groups (broad SMARTS) is 1. The minimum atomic E-state index is -0.748. The van der Waals surface area contributed by atoms with Crippen LogP contribution in [0.1, 0.15) is 34.3 Å². The Hall–Kier alpha value is -3.26. The average molecular weight is 455 g/mol. The molecule has 2 aromatic carbocycles. The van der Waals surface area contributed by atoms with Crippen molar-refractivity contribution < 1.29 is 23.8 Å². The van der Waals surface area contributed by atoms with Gasteiger partial charge in [0.15, 0.2) is 5.13 Å². The lowest BCUT2D eigenvalue weighted by molar-refractivity contribution is -0.142. The van der Waals surface area contributed by atoms with Gasteiger partial charge in [0.25, 0.3) is 0 Å². The summed E-state index contributed by atoms with van der Waals surface area (Å²) < 4.78 is 20.1. The van der Waals surface area contributed by atoms with Gasteiger partial charge in [-0.2, -0.15) is 0 Å². The molecule has 3 aromatic rings. The lowest BCUT2D eigenvalue weighted by Crippen LogP contribution is -2.36. The first kappa shape index (κ1) is 22.0. The molecule has 4 rings (SSSR count). The van der Waals surface area contributed by atoms with E-state index in [-0.39, 0.29) is 18.3 Å². The summed E-state index contributed by atoms with van der Waals surface area (Å²) in [5.41, 5.74) is 3.67. The van der Waals surface area contributed by atoms with Crippen LogP contribution in [0.2, 0.25) is 0 Å². The number of aliphatic carboxylic acids is 1. The lowest BCUT2D eigenvalue weighted by atomic mass is 9.97. The first-order valence-corrected chi connectivity index (χ1v) is 11.2. The third kappa shape index (κ3) is 4.80. The normalized spacial score (nSPS) is 14.4. The number of hydrogen-bond donors (Lipinski definition) is 1. The molecule has 1 aliphatic rings. The van der Waals surface area contributed by atoms with E-state index >= 15 is 0 Å². The molecular weight excluding hydrogens is 431 g/mol. The Labute approximate surface area is 189 Å². The van der Waals surface area contributed by atoms with Crippen molar-refractivity contribution in [2.75, 3.05) is 18.0 Å². The summed E-state index contributed by atoms with van der Waals surface area (Å²) in [7, 11) is 0. The van der Waals surface area contributed by atoms with Crippen LogP contribution < -0.4 is 9.64 Å². The fraction of sp³-hybridized carbons (Fsp3) is 0.292. The Kier molecular flexibility index (Phi) is 6.50. The molecule has 0 radical (unpaired) electrons. The van der Waals surface area contributed by atoms with Crippen LogP contribution in [0, 0.1) is 18.7 Å². The van der Waals surface area contributed by atoms with Gasteiger partial charge in [0.1, 0.15) is 24.5 Å². The van der Waals surface area contributed by atoms with Gasteiger partial charge in [-0.1, -0.05) is 12.1 Å². The van der Waals surface area contributed by atoms with Crippen molar-refractivity contribution in [1.29, 1.82) is 0 Å². The number of halogens is 1. The standard InChI is InChI=1S/C24H23FN2O4S/c1-15-10-16(12-28)2-3-18(15)13-31-22-5-4-19(25)11-20(22)21-14-32-24(26-21)27-8-6-17(7-9-27)23(29)30/h2-5,10-12,14,17H,6-9,13H2,1H3,(H,29,30). The maximum absolute atomic E-state index is 14.0. The van der Waals surface area contributed by atoms with Crippen LogP contribution in [0.4, 0.5) is 9.52 Å². The minimum Gasteiger partial charge on any atom is -0.488 e. The molecule has 0 saturated carbocycles. The summed E-state index contributed by atoms with van der Waals surface area (Å²) in [5, 5.41) is 11.8. The highest BCUT2D eigenvalue weighted by Gasteiger charge is 2.26. The van der Waals surface area contributed by atoms with E-state index < -0.39 is 5.97 Å². The van der Waals surface area contributed by atoms with Crippen LogP contribution in [-0.2, 0) is 11.4 Å². The van der Waals surface area contributed by atoms with Crippen molar-refractivity contribution in [3.63, 3.8) is 0 Å². The predicted octanol–water partition coefficient (Wildman–Crippen LogP) is 4.95. The van der Waals surface area contributed by atoms with E-state index in [4.69, 9.17) is 4.74 Å². The number of benzene rings is 2. The van der Waals surface area contributed by atoms with Crippen molar-refractivity contribution >= 4 is 28.7 Å². The molecule has 8 heteroatoms. The molecule has 1 aromatic heterocycles. The van der Waals surface area contributed by atoms with E-state index in [9.17, 15) is 19.1 Å². The average Bonchev–Trinajstić information content (AvgIpc) is 3.29. The first-order valence-electron chi connectivity index (χ1n) is 10.4. The Balaban J connectivity index is 1.52. The monoisotopic (exact) mass is 454 g/mol. The molecule has 1 saturated heterocycles. The number of aromatic nitrogens is 1. The maximum atomic E-state index is 14.0. The molecule has 0 amide bonds. The molecule has 0 aliphatic carbocycles. The van der Waals surface area contributed by atoms with Crippen molar-refractivity contribution in [3.05, 3.63) is 64.3 Å². The van der Waals surface area contributed by atoms with E-state index in [0.717, 1.165) is 22.5 Å². The number of anilines is 1. The highest BCUT2D eigenvalue weighted by molar-refractivity contribution is 7.14. The quantitative estimate of drug-likeness (QED) is 0.509. The van der Waals surface area contributed by atoms with Crippen LogP contribution in [0.15, 0.2) is 41.8 Å². The second-order valence-corrected chi connectivity index (χ2v) is 8.68. The Morgan fingerprint density at radius 2 is 2.06 bits per heavy atom. The van der Waals surface area contributed by atoms with Crippen LogP contribution in [0.5, 0.6) is 5.75 Å². The van der Waals surface area contributed by atoms with Crippen molar-refractivity contribution in [2.45, 2.75) is 26.4 Å². The van der Waals surface area contributed by atoms with E-state index in [2.05, 4.69) is 9.88 Å². The zero-order valence-electron chi connectivity index (χ0n) is 17.6. The van der Waals surface area contributed by atoms with Gasteiger partial charge in [0.05, 0.1) is 11.6 Å². The van der Waals surface area contributed by atoms with E-state index in [1.165, 1.54) is 23.5 Å². The van der Waals surface area contributed by atoms with Crippen LogP contribution >= 0.6 is 11.3 Å². The topological polar surface area (TPSA) is 79.7 Å². The number of hydrogen-bond acceptors (Lipinski definition) is 6. The van der Waals surface area contributed by atoms with Crippen LogP contribution in [0.25, 0.3) is 11.3 Å². The summed E-state index contributed by atoms with van der Waals surface area (Å²) in [4.78, 5) is 28.9. The number of carbonyl (C=O) groups is 2. The number of aryl methyl sites for hydroxylation is 1. The second-order valence-electron chi connectivity index (χ2n) is 7.85. The van der Waals surface area contributed by atoms with Gasteiger partial charge in [0.2, 0.25) is 0 Å². The smallest absolute Gasteiger partial charge is 0.306 e. The summed E-state index contributed by atoms with van der Waals surface area (Å²) in [6.45, 7) is 3.46. The Bertz CT molecular complexity index is 1140. The summed E-state index contributed by atoms with van der Waals surface area (Å²) in [6, 6.07) is 9.75. The van der Waals surface area contributed by atoms with Crippen LogP contribution in [0.3, 0.4) is 0 Å². The van der Waals surface area contributed by atoms with Gasteiger partial charge in [-0.25, -0.2) is 9.37 Å². The number of carbonyl (C=O) groups excluding carboxylic acids is 1. The highest BCUT2D eigenvalue weighted by atomic mass is 32.1. The number of rotatable bonds is 7. The fourth-order valence-electron chi connectivity index (χ4n) is 3.79. The summed E-state index contributed by atoms with van der Waals surface area (Å²) in [6.07, 6.45) is 1.97. The number of ether oxygens (including phenoxy) is 1. The number of aldehydes is 1. The molecule has 2 heterocycles. The number of thiazole rings is 1. The zero-order valence-corrected chi connectivity index (χ0v) is 18.4. The van der Waals surface area contributed by atoms with Gasteiger partial charge in [-0.3, -0.25) is 9.59 Å². The Morgan fingerprint density at radius 3 is 2.75 bits per heavy atom. The maximum Gasteiger partial charge on any atom is 0.306 e. The first-order chi connectivity index (χ1) is 15.4. The predicted molar refractivity (Wildman–Crippen MR) is 121 cm³/mol. The summed E-state index contributed by atoms with van der Waals surface area (Å²) in [5.74, 6) is -0.914. The molecule has 0 bridgehead atoms. The molecule has 6 nitrogen and oxygen atoms in total. The SMILES string of the molecule is Cc1cc(C=O)ccc1COc1ccc(F)cc1-c1csc(N2CCC(C(=O)O)CC2)n1. The third-order valence-corrected chi connectivity index (χ3v) is 6.61. The largest absolute Gasteiger partial charge is 0.488 e. The van der Waals surface area contributed by atoms with E-state index in [1.54, 1.807) is 18.2 Å². The molecule has 0 atom stereocenters. The zero-order chi connectivity index (χ0) is 22.7. The molecule has 32 heavy (non-hydrogen) atoms. The van der Waals surface area contributed by atoms with Crippen molar-refractivity contribution in [3.8, 4) is 17.0 Å². The number of nitrogens with zero attached hydrogens (tertiary/aromatic N) is 2. The molecule has 1 aliphatic heterocycles. The number of carboxylic acids is 1. The van der Waals surface area contributed by atoms with Crippen molar-refractivity contribution in [2.24, 2.45) is 5.92 Å². The molecule has 0 unspecified atom stereocenters.